The molecular formula is C15H20F5NO3. The zero-order valence-electron chi connectivity index (χ0n) is 13.5. The summed E-state index contributed by atoms with van der Waals surface area (Å²) >= 11 is 0. The van der Waals surface area contributed by atoms with Gasteiger partial charge < -0.3 is 9.64 Å². The molecular weight excluding hydrogens is 337 g/mol. The van der Waals surface area contributed by atoms with E-state index in [1.165, 1.54) is 0 Å². The number of amides is 1. The lowest BCUT2D eigenvalue weighted by atomic mass is 9.96. The Morgan fingerprint density at radius 3 is 2.38 bits per heavy atom. The minimum Gasteiger partial charge on any atom is -0.408 e. The molecule has 0 spiro atoms. The van der Waals surface area contributed by atoms with Gasteiger partial charge in [-0.3, -0.25) is 4.79 Å². The van der Waals surface area contributed by atoms with Crippen molar-refractivity contribution in [3.8, 4) is 0 Å². The molecule has 1 aliphatic rings. The smallest absolute Gasteiger partial charge is 0.408 e. The van der Waals surface area contributed by atoms with Crippen LogP contribution in [0.5, 0.6) is 0 Å². The Kier molecular flexibility index (Phi) is 6.74. The van der Waals surface area contributed by atoms with Gasteiger partial charge in [-0.2, -0.15) is 17.6 Å². The fraction of sp³-hybridized carbons (Fsp3) is 0.733. The van der Waals surface area contributed by atoms with Crippen LogP contribution in [0.4, 0.5) is 26.7 Å². The van der Waals surface area contributed by atoms with Crippen LogP contribution in [0.15, 0.2) is 11.8 Å². The van der Waals surface area contributed by atoms with Crippen LogP contribution in [-0.2, 0) is 9.53 Å². The number of hydrogen-bond acceptors (Lipinski definition) is 3. The van der Waals surface area contributed by atoms with Gasteiger partial charge in [-0.05, 0) is 39.2 Å². The van der Waals surface area contributed by atoms with Gasteiger partial charge in [-0.15, -0.1) is 0 Å². The summed E-state index contributed by atoms with van der Waals surface area (Å²) in [5.74, 6) is -13.6. The van der Waals surface area contributed by atoms with E-state index in [1.54, 1.807) is 13.8 Å². The quantitative estimate of drug-likeness (QED) is 0.715. The first-order valence-electron chi connectivity index (χ1n) is 7.69. The van der Waals surface area contributed by atoms with E-state index < -0.39 is 42.1 Å². The van der Waals surface area contributed by atoms with Gasteiger partial charge in [0, 0.05) is 19.5 Å². The number of ketones is 1. The Hall–Kier alpha value is -1.67. The van der Waals surface area contributed by atoms with Crippen LogP contribution in [0.1, 0.15) is 39.5 Å². The van der Waals surface area contributed by atoms with Crippen molar-refractivity contribution in [1.82, 2.24) is 4.90 Å². The van der Waals surface area contributed by atoms with Crippen molar-refractivity contribution < 1.29 is 36.3 Å². The van der Waals surface area contributed by atoms with E-state index in [0.717, 1.165) is 4.90 Å². The summed E-state index contributed by atoms with van der Waals surface area (Å²) in [6.07, 6.45) is -4.60. The highest BCUT2D eigenvalue weighted by Gasteiger charge is 2.67. The number of nitrogens with zero attached hydrogens (tertiary/aromatic N) is 1. The van der Waals surface area contributed by atoms with Gasteiger partial charge in [0.25, 0.3) is 0 Å². The highest BCUT2D eigenvalue weighted by atomic mass is 19.3. The van der Waals surface area contributed by atoms with Crippen molar-refractivity contribution in [3.63, 3.8) is 0 Å². The minimum absolute atomic E-state index is 0.0781. The van der Waals surface area contributed by atoms with Gasteiger partial charge in [0.2, 0.25) is 6.17 Å². The molecule has 0 saturated heterocycles. The molecule has 0 aromatic rings. The molecule has 0 heterocycles. The van der Waals surface area contributed by atoms with Crippen LogP contribution in [0.3, 0.4) is 0 Å². The van der Waals surface area contributed by atoms with Crippen LogP contribution >= 0.6 is 0 Å². The molecule has 0 N–H and O–H groups in total. The van der Waals surface area contributed by atoms with Crippen molar-refractivity contribution in [1.29, 1.82) is 0 Å². The summed E-state index contributed by atoms with van der Waals surface area (Å²) in [6, 6.07) is 0. The molecule has 9 heteroatoms. The van der Waals surface area contributed by atoms with Gasteiger partial charge in [0.15, 0.2) is 11.5 Å². The predicted octanol–water partition coefficient (Wildman–Crippen LogP) is 4.10. The van der Waals surface area contributed by atoms with E-state index in [0.29, 0.717) is 6.08 Å². The van der Waals surface area contributed by atoms with Gasteiger partial charge in [-0.1, -0.05) is 0 Å². The maximum atomic E-state index is 14.1. The van der Waals surface area contributed by atoms with Crippen LogP contribution in [0, 0.1) is 0 Å². The molecule has 1 atom stereocenters. The zero-order chi connectivity index (χ0) is 18.5. The van der Waals surface area contributed by atoms with E-state index >= 15 is 0 Å². The van der Waals surface area contributed by atoms with Crippen LogP contribution in [0.25, 0.3) is 0 Å². The largest absolute Gasteiger partial charge is 0.415 e. The van der Waals surface area contributed by atoms with Gasteiger partial charge in [0.1, 0.15) is 0 Å². The van der Waals surface area contributed by atoms with E-state index in [2.05, 4.69) is 4.74 Å². The maximum Gasteiger partial charge on any atom is 0.415 e. The fourth-order valence-corrected chi connectivity index (χ4v) is 2.20. The predicted molar refractivity (Wildman–Crippen MR) is 75.8 cm³/mol. The third-order valence-electron chi connectivity index (χ3n) is 3.76. The molecule has 0 unspecified atom stereocenters. The number of ether oxygens (including phenoxy) is 1. The Morgan fingerprint density at radius 2 is 1.83 bits per heavy atom. The third kappa shape index (κ3) is 4.05. The number of halogens is 5. The van der Waals surface area contributed by atoms with Gasteiger partial charge in [-0.25, -0.2) is 9.18 Å². The first-order valence-corrected chi connectivity index (χ1v) is 7.69. The summed E-state index contributed by atoms with van der Waals surface area (Å²) in [7, 11) is 0. The van der Waals surface area contributed by atoms with Gasteiger partial charge in [0.05, 0.1) is 0 Å². The molecule has 0 aromatic carbocycles. The third-order valence-corrected chi connectivity index (χ3v) is 3.76. The molecule has 0 aromatic heterocycles. The Bertz CT molecular complexity index is 503. The summed E-state index contributed by atoms with van der Waals surface area (Å²) in [5.41, 5.74) is 0. The topological polar surface area (TPSA) is 46.6 Å². The molecule has 1 aliphatic carbocycles. The summed E-state index contributed by atoms with van der Waals surface area (Å²) in [4.78, 5) is 24.1. The number of hydrogen-bond donors (Lipinski definition) is 0. The molecule has 4 nitrogen and oxygen atoms in total. The minimum atomic E-state index is -5.31. The second-order valence-corrected chi connectivity index (χ2v) is 5.38. The molecule has 0 aliphatic heterocycles. The van der Waals surface area contributed by atoms with E-state index in [9.17, 15) is 31.5 Å². The molecule has 0 saturated carbocycles. The summed E-state index contributed by atoms with van der Waals surface area (Å²) in [5, 5.41) is 0. The van der Waals surface area contributed by atoms with Crippen molar-refractivity contribution in [3.05, 3.63) is 11.8 Å². The number of allylic oxidation sites excluding steroid dienone is 2. The van der Waals surface area contributed by atoms with Crippen LogP contribution in [0.2, 0.25) is 0 Å². The van der Waals surface area contributed by atoms with Crippen molar-refractivity contribution in [2.24, 2.45) is 0 Å². The first-order chi connectivity index (χ1) is 11.1. The molecule has 0 fully saturated rings. The van der Waals surface area contributed by atoms with Crippen LogP contribution < -0.4 is 0 Å². The lowest BCUT2D eigenvalue weighted by Gasteiger charge is -2.31. The fourth-order valence-electron chi connectivity index (χ4n) is 2.20. The van der Waals surface area contributed by atoms with Crippen molar-refractivity contribution in [2.45, 2.75) is 57.5 Å². The van der Waals surface area contributed by atoms with E-state index in [1.807, 2.05) is 0 Å². The van der Waals surface area contributed by atoms with Crippen molar-refractivity contribution >= 4 is 11.9 Å². The molecule has 0 bridgehead atoms. The van der Waals surface area contributed by atoms with Crippen LogP contribution in [-0.4, -0.2) is 47.9 Å². The second-order valence-electron chi connectivity index (χ2n) is 5.38. The standard InChI is InChI=1S/C15H20F5NO3/c1-3-21(4-2)13(23)24-11-9-7-5-6-8-10(22)12(16)15(19,20)14(11,17)18/h9,12H,3-8H2,1-2H3/b11-9-/t12-/m1/s1. The highest BCUT2D eigenvalue weighted by Crippen LogP contribution is 2.45. The Balaban J connectivity index is 3.20. The Morgan fingerprint density at radius 1 is 1.25 bits per heavy atom. The molecule has 1 amide bonds. The highest BCUT2D eigenvalue weighted by molar-refractivity contribution is 5.84. The van der Waals surface area contributed by atoms with E-state index in [-0.39, 0.29) is 32.4 Å². The number of carbonyl (C=O) groups excluding carboxylic acids is 2. The summed E-state index contributed by atoms with van der Waals surface area (Å²) < 4.78 is 74.1. The molecule has 0 radical (unpaired) electrons. The zero-order valence-corrected chi connectivity index (χ0v) is 13.5. The number of Topliss-reactive ketones (excluding diaryl/α,β-unsaturated/α-hetero) is 1. The lowest BCUT2D eigenvalue weighted by Crippen LogP contribution is -2.53. The number of carbonyl (C=O) groups is 2. The Labute approximate surface area is 136 Å². The molecule has 138 valence electrons. The van der Waals surface area contributed by atoms with E-state index in [4.69, 9.17) is 0 Å². The normalized spacial score (nSPS) is 26.2. The first kappa shape index (κ1) is 20.4. The monoisotopic (exact) mass is 357 g/mol. The number of rotatable bonds is 3. The van der Waals surface area contributed by atoms with Crippen molar-refractivity contribution in [2.75, 3.05) is 13.1 Å². The maximum absolute atomic E-state index is 14.1. The van der Waals surface area contributed by atoms with Gasteiger partial charge >= 0.3 is 17.9 Å². The average molecular weight is 357 g/mol. The molecule has 24 heavy (non-hydrogen) atoms. The number of alkyl halides is 5. The molecule has 1 rings (SSSR count). The second kappa shape index (κ2) is 7.94. The average Bonchev–Trinajstić information content (AvgIpc) is 2.52. The SMILES string of the molecule is CCN(CC)C(=O)O/C1=C\CCCCC(=O)[C@@H](F)C(F)(F)C1(F)F. The lowest BCUT2D eigenvalue weighted by molar-refractivity contribution is -0.229. The summed E-state index contributed by atoms with van der Waals surface area (Å²) in [6.45, 7) is 3.34.